The largest absolute Gasteiger partial charge is 0.367 e. The highest BCUT2D eigenvalue weighted by molar-refractivity contribution is 7.91. The summed E-state index contributed by atoms with van der Waals surface area (Å²) in [6, 6.07) is 8.44. The van der Waals surface area contributed by atoms with E-state index < -0.39 is 21.1 Å². The molecule has 0 aliphatic carbocycles. The Hall–Kier alpha value is -2.42. The molecule has 1 saturated heterocycles. The van der Waals surface area contributed by atoms with Crippen LogP contribution in [0.2, 0.25) is 5.02 Å². The molecule has 0 radical (unpaired) electrons. The fourth-order valence-electron chi connectivity index (χ4n) is 3.86. The normalized spacial score (nSPS) is 15.5. The van der Waals surface area contributed by atoms with Crippen LogP contribution in [0.4, 0.5) is 10.1 Å². The predicted molar refractivity (Wildman–Crippen MR) is 120 cm³/mol. The zero-order valence-electron chi connectivity index (χ0n) is 17.3. The van der Waals surface area contributed by atoms with Crippen LogP contribution >= 0.6 is 11.6 Å². The molecule has 2 aromatic carbocycles. The van der Waals surface area contributed by atoms with E-state index in [1.807, 2.05) is 18.9 Å². The zero-order valence-corrected chi connectivity index (χ0v) is 18.9. The van der Waals surface area contributed by atoms with Gasteiger partial charge >= 0.3 is 0 Å². The fraction of sp³-hybridized carbons (Fsp3) is 0.318. The second-order valence-electron chi connectivity index (χ2n) is 7.68. The number of aryl methyl sites for hydroxylation is 1. The minimum atomic E-state index is -4.09. The molecule has 1 fully saturated rings. The predicted octanol–water partition coefficient (Wildman–Crippen LogP) is 3.40. The van der Waals surface area contributed by atoms with Gasteiger partial charge in [-0.1, -0.05) is 11.6 Å². The summed E-state index contributed by atoms with van der Waals surface area (Å²) in [7, 11) is -2.07. The van der Waals surface area contributed by atoms with Crippen molar-refractivity contribution in [1.29, 1.82) is 0 Å². The quantitative estimate of drug-likeness (QED) is 0.593. The van der Waals surface area contributed by atoms with Gasteiger partial charge in [0.2, 0.25) is 15.3 Å². The number of aromatic nitrogens is 1. The molecule has 1 aliphatic rings. The Bertz CT molecular complexity index is 1300. The summed E-state index contributed by atoms with van der Waals surface area (Å²) < 4.78 is 43.0. The molecule has 31 heavy (non-hydrogen) atoms. The van der Waals surface area contributed by atoms with E-state index in [0.717, 1.165) is 13.1 Å². The van der Waals surface area contributed by atoms with Crippen LogP contribution in [0, 0.1) is 5.82 Å². The third-order valence-corrected chi connectivity index (χ3v) is 7.73. The maximum Gasteiger partial charge on any atom is 0.211 e. The molecule has 0 amide bonds. The van der Waals surface area contributed by atoms with Crippen molar-refractivity contribution in [3.63, 3.8) is 0 Å². The maximum absolute atomic E-state index is 15.0. The van der Waals surface area contributed by atoms with Crippen molar-refractivity contribution in [3.05, 3.63) is 63.7 Å². The number of anilines is 1. The maximum atomic E-state index is 15.0. The summed E-state index contributed by atoms with van der Waals surface area (Å²) in [5.41, 5.74) is 0.229. The third-order valence-electron chi connectivity index (χ3n) is 5.71. The molecule has 0 atom stereocenters. The lowest BCUT2D eigenvalue weighted by molar-refractivity contribution is 0.312. The minimum absolute atomic E-state index is 0.0365. The van der Waals surface area contributed by atoms with Gasteiger partial charge in [-0.3, -0.25) is 4.79 Å². The van der Waals surface area contributed by atoms with Gasteiger partial charge in [-0.2, -0.15) is 0 Å². The van der Waals surface area contributed by atoms with Crippen LogP contribution in [0.3, 0.4) is 0 Å². The van der Waals surface area contributed by atoms with Crippen LogP contribution in [0.1, 0.15) is 6.92 Å². The number of hydrogen-bond donors (Lipinski definition) is 0. The summed E-state index contributed by atoms with van der Waals surface area (Å²) in [5, 5.41) is 0.439. The third kappa shape index (κ3) is 3.95. The lowest BCUT2D eigenvalue weighted by Gasteiger charge is -2.34. The summed E-state index contributed by atoms with van der Waals surface area (Å²) in [5.74, 6) is -0.530. The highest BCUT2D eigenvalue weighted by atomic mass is 35.5. The smallest absolute Gasteiger partial charge is 0.211 e. The summed E-state index contributed by atoms with van der Waals surface area (Å²) in [6.45, 7) is 5.26. The number of rotatable bonds is 4. The molecule has 4 rings (SSSR count). The van der Waals surface area contributed by atoms with E-state index in [0.29, 0.717) is 35.9 Å². The van der Waals surface area contributed by atoms with Gasteiger partial charge in [0.25, 0.3) is 0 Å². The van der Waals surface area contributed by atoms with Gasteiger partial charge in [-0.25, -0.2) is 12.8 Å². The topological polar surface area (TPSA) is 62.6 Å². The van der Waals surface area contributed by atoms with Crippen molar-refractivity contribution in [1.82, 2.24) is 9.47 Å². The molecule has 6 nitrogen and oxygen atoms in total. The molecule has 0 unspecified atom stereocenters. The van der Waals surface area contributed by atoms with Crippen LogP contribution in [-0.2, 0) is 16.4 Å². The Balaban J connectivity index is 1.89. The number of sulfone groups is 1. The number of nitrogens with zero attached hydrogens (tertiary/aromatic N) is 3. The molecule has 0 spiro atoms. The summed E-state index contributed by atoms with van der Waals surface area (Å²) in [6.07, 6.45) is 1.35. The van der Waals surface area contributed by atoms with E-state index in [2.05, 4.69) is 4.90 Å². The minimum Gasteiger partial charge on any atom is -0.367 e. The molecule has 0 bridgehead atoms. The van der Waals surface area contributed by atoms with Crippen molar-refractivity contribution in [3.8, 4) is 0 Å². The number of benzene rings is 2. The van der Waals surface area contributed by atoms with Crippen molar-refractivity contribution < 1.29 is 12.8 Å². The molecule has 164 valence electrons. The van der Waals surface area contributed by atoms with Crippen molar-refractivity contribution >= 4 is 38.0 Å². The first kappa shape index (κ1) is 21.8. The van der Waals surface area contributed by atoms with E-state index in [9.17, 15) is 13.2 Å². The summed E-state index contributed by atoms with van der Waals surface area (Å²) in [4.78, 5) is 16.9. The molecule has 1 aliphatic heterocycles. The molecule has 0 saturated carbocycles. The number of halogens is 2. The van der Waals surface area contributed by atoms with Crippen molar-refractivity contribution in [2.75, 3.05) is 38.1 Å². The van der Waals surface area contributed by atoms with Crippen LogP contribution < -0.4 is 10.3 Å². The standard InChI is InChI=1S/C22H23ClFN3O3S/c1-3-26-14-21(31(29,30)16-6-4-15(23)5-7-16)22(28)17-12-18(24)20(13-19(17)26)27-10-8-25(2)9-11-27/h4-7,12-14H,3,8-11H2,1-2H3. The Morgan fingerprint density at radius 3 is 2.32 bits per heavy atom. The van der Waals surface area contributed by atoms with Crippen molar-refractivity contribution in [2.24, 2.45) is 0 Å². The monoisotopic (exact) mass is 463 g/mol. The van der Waals surface area contributed by atoms with Gasteiger partial charge in [-0.15, -0.1) is 0 Å². The number of hydrogen-bond acceptors (Lipinski definition) is 5. The Morgan fingerprint density at radius 2 is 1.71 bits per heavy atom. The number of fused-ring (bicyclic) bond motifs is 1. The highest BCUT2D eigenvalue weighted by Gasteiger charge is 2.25. The first-order chi connectivity index (χ1) is 14.7. The fourth-order valence-corrected chi connectivity index (χ4v) is 5.35. The molecule has 1 aromatic heterocycles. The average Bonchev–Trinajstić information content (AvgIpc) is 2.75. The van der Waals surface area contributed by atoms with E-state index >= 15 is 4.39 Å². The first-order valence-corrected chi connectivity index (χ1v) is 11.9. The van der Waals surface area contributed by atoms with Crippen LogP contribution in [0.5, 0.6) is 0 Å². The zero-order chi connectivity index (χ0) is 22.3. The first-order valence-electron chi connectivity index (χ1n) is 10.0. The van der Waals surface area contributed by atoms with E-state index in [4.69, 9.17) is 11.6 Å². The van der Waals surface area contributed by atoms with Gasteiger partial charge in [0.1, 0.15) is 10.7 Å². The molecule has 0 N–H and O–H groups in total. The van der Waals surface area contributed by atoms with E-state index in [-0.39, 0.29) is 15.2 Å². The van der Waals surface area contributed by atoms with Gasteiger partial charge in [-0.05, 0) is 50.4 Å². The molecule has 2 heterocycles. The van der Waals surface area contributed by atoms with Gasteiger partial charge in [0.05, 0.1) is 21.5 Å². The molecule has 9 heteroatoms. The number of likely N-dealkylation sites (N-methyl/N-ethyl adjacent to an activating group) is 1. The van der Waals surface area contributed by atoms with Gasteiger partial charge in [0.15, 0.2) is 0 Å². The van der Waals surface area contributed by atoms with E-state index in [1.165, 1.54) is 36.5 Å². The lowest BCUT2D eigenvalue weighted by atomic mass is 10.1. The number of pyridine rings is 1. The number of piperazine rings is 1. The Labute approximate surface area is 185 Å². The summed E-state index contributed by atoms with van der Waals surface area (Å²) >= 11 is 5.86. The molecular formula is C22H23ClFN3O3S. The molecular weight excluding hydrogens is 441 g/mol. The average molecular weight is 464 g/mol. The van der Waals surface area contributed by atoms with Crippen LogP contribution in [0.15, 0.2) is 57.2 Å². The van der Waals surface area contributed by atoms with Crippen LogP contribution in [-0.4, -0.2) is 51.1 Å². The van der Waals surface area contributed by atoms with Gasteiger partial charge in [0, 0.05) is 43.9 Å². The highest BCUT2D eigenvalue weighted by Crippen LogP contribution is 2.28. The second kappa shape index (κ2) is 8.26. The molecule has 3 aromatic rings. The second-order valence-corrected chi connectivity index (χ2v) is 10.0. The Morgan fingerprint density at radius 1 is 1.06 bits per heavy atom. The van der Waals surface area contributed by atoms with E-state index in [1.54, 1.807) is 10.6 Å². The SMILES string of the molecule is CCn1cc(S(=O)(=O)c2ccc(Cl)cc2)c(=O)c2cc(F)c(N3CCN(C)CC3)cc21. The van der Waals surface area contributed by atoms with Crippen molar-refractivity contribution in [2.45, 2.75) is 23.3 Å². The van der Waals surface area contributed by atoms with Gasteiger partial charge < -0.3 is 14.4 Å². The Kier molecular flexibility index (Phi) is 5.81. The van der Waals surface area contributed by atoms with Crippen LogP contribution in [0.25, 0.3) is 10.9 Å². The lowest BCUT2D eigenvalue weighted by Crippen LogP contribution is -2.44.